The van der Waals surface area contributed by atoms with Crippen molar-refractivity contribution < 1.29 is 5.32 Å². The van der Waals surface area contributed by atoms with Crippen LogP contribution in [0.25, 0.3) is 0 Å². The normalized spacial score (nSPS) is 12.6. The van der Waals surface area contributed by atoms with Crippen molar-refractivity contribution >= 4 is 5.69 Å². The predicted octanol–water partition coefficient (Wildman–Crippen LogP) is 1.15. The van der Waals surface area contributed by atoms with Gasteiger partial charge in [-0.3, -0.25) is 5.32 Å². The summed E-state index contributed by atoms with van der Waals surface area (Å²) in [7, 11) is 3.98. The van der Waals surface area contributed by atoms with E-state index in [4.69, 9.17) is 0 Å². The summed E-state index contributed by atoms with van der Waals surface area (Å²) in [6.07, 6.45) is 0.326. The Bertz CT molecular complexity index is 347. The number of quaternary nitrogens is 1. The number of aryl methyl sites for hydroxylation is 2. The lowest BCUT2D eigenvalue weighted by molar-refractivity contribution is -0.698. The Labute approximate surface area is 98.6 Å². The Morgan fingerprint density at radius 1 is 1.19 bits per heavy atom. The van der Waals surface area contributed by atoms with Crippen molar-refractivity contribution in [2.24, 2.45) is 0 Å². The van der Waals surface area contributed by atoms with Crippen molar-refractivity contribution in [1.29, 1.82) is 0 Å². The summed E-state index contributed by atoms with van der Waals surface area (Å²) in [6, 6.07) is 4.49. The molecule has 3 nitrogen and oxygen atoms in total. The van der Waals surface area contributed by atoms with Gasteiger partial charge in [0.15, 0.2) is 6.17 Å². The van der Waals surface area contributed by atoms with Crippen molar-refractivity contribution in [1.82, 2.24) is 5.32 Å². The molecular weight excluding hydrogens is 198 g/mol. The van der Waals surface area contributed by atoms with Crippen LogP contribution in [0.2, 0.25) is 0 Å². The minimum atomic E-state index is 0.326. The molecular formula is C13H24N3+. The van der Waals surface area contributed by atoms with Gasteiger partial charge in [0, 0.05) is 18.3 Å². The van der Waals surface area contributed by atoms with Gasteiger partial charge in [0.1, 0.15) is 0 Å². The van der Waals surface area contributed by atoms with Crippen LogP contribution in [0.15, 0.2) is 12.1 Å². The molecule has 0 aliphatic rings. The molecule has 1 aromatic rings. The Kier molecular flexibility index (Phi) is 4.77. The van der Waals surface area contributed by atoms with Crippen molar-refractivity contribution in [3.05, 3.63) is 28.8 Å². The summed E-state index contributed by atoms with van der Waals surface area (Å²) in [4.78, 5) is 0. The highest BCUT2D eigenvalue weighted by atomic mass is 15.1. The van der Waals surface area contributed by atoms with E-state index in [0.717, 1.165) is 6.54 Å². The molecule has 0 saturated carbocycles. The summed E-state index contributed by atoms with van der Waals surface area (Å²) < 4.78 is 0. The number of hydrogen-bond acceptors (Lipinski definition) is 2. The lowest BCUT2D eigenvalue weighted by Gasteiger charge is -2.19. The minimum absolute atomic E-state index is 0.326. The zero-order valence-corrected chi connectivity index (χ0v) is 11.0. The molecule has 0 saturated heterocycles. The van der Waals surface area contributed by atoms with Gasteiger partial charge in [0.25, 0.3) is 0 Å². The van der Waals surface area contributed by atoms with E-state index in [1.807, 2.05) is 14.1 Å². The van der Waals surface area contributed by atoms with Gasteiger partial charge < -0.3 is 10.6 Å². The molecule has 0 fully saturated rings. The second-order valence-electron chi connectivity index (χ2n) is 4.18. The number of benzene rings is 1. The maximum atomic E-state index is 3.35. The Hall–Kier alpha value is -1.06. The average Bonchev–Trinajstić information content (AvgIpc) is 2.29. The van der Waals surface area contributed by atoms with E-state index < -0.39 is 0 Å². The molecule has 1 unspecified atom stereocenters. The van der Waals surface area contributed by atoms with Crippen LogP contribution in [-0.2, 0) is 0 Å². The molecule has 4 N–H and O–H groups in total. The van der Waals surface area contributed by atoms with Crippen LogP contribution in [0.3, 0.4) is 0 Å². The number of nitrogens with two attached hydrogens (primary N) is 1. The predicted molar refractivity (Wildman–Crippen MR) is 69.7 cm³/mol. The fourth-order valence-electron chi connectivity index (χ4n) is 1.95. The Morgan fingerprint density at radius 2 is 1.81 bits per heavy atom. The molecule has 0 aliphatic heterocycles. The molecule has 3 heteroatoms. The first-order chi connectivity index (χ1) is 7.63. The summed E-state index contributed by atoms with van der Waals surface area (Å²) in [5.74, 6) is 0. The summed E-state index contributed by atoms with van der Waals surface area (Å²) >= 11 is 0. The van der Waals surface area contributed by atoms with Crippen LogP contribution in [0.5, 0.6) is 0 Å². The zero-order chi connectivity index (χ0) is 12.1. The molecule has 0 spiro atoms. The summed E-state index contributed by atoms with van der Waals surface area (Å²) in [5, 5.41) is 8.92. The van der Waals surface area contributed by atoms with Crippen LogP contribution in [0.4, 0.5) is 5.69 Å². The molecule has 16 heavy (non-hydrogen) atoms. The number of anilines is 1. The van der Waals surface area contributed by atoms with E-state index in [-0.39, 0.29) is 0 Å². The van der Waals surface area contributed by atoms with Crippen LogP contribution in [0, 0.1) is 13.8 Å². The first-order valence-electron chi connectivity index (χ1n) is 5.93. The van der Waals surface area contributed by atoms with Gasteiger partial charge in [-0.2, -0.15) is 0 Å². The largest absolute Gasteiger partial charge is 0.388 e. The lowest BCUT2D eigenvalue weighted by Crippen LogP contribution is -2.87. The molecule has 0 bridgehead atoms. The molecule has 0 heterocycles. The van der Waals surface area contributed by atoms with Crippen LogP contribution in [0.1, 0.15) is 29.8 Å². The van der Waals surface area contributed by atoms with Crippen molar-refractivity contribution in [2.75, 3.05) is 26.0 Å². The monoisotopic (exact) mass is 222 g/mol. The maximum Gasteiger partial charge on any atom is 0.167 e. The molecule has 0 aromatic heterocycles. The average molecular weight is 222 g/mol. The van der Waals surface area contributed by atoms with Crippen molar-refractivity contribution in [3.8, 4) is 0 Å². The summed E-state index contributed by atoms with van der Waals surface area (Å²) in [5.41, 5.74) is 5.22. The molecule has 1 aromatic carbocycles. The van der Waals surface area contributed by atoms with Gasteiger partial charge in [-0.1, -0.05) is 0 Å². The molecule has 0 amide bonds. The number of nitrogens with one attached hydrogen (secondary N) is 2. The minimum Gasteiger partial charge on any atom is -0.388 e. The van der Waals surface area contributed by atoms with E-state index in [9.17, 15) is 0 Å². The lowest BCUT2D eigenvalue weighted by atomic mass is 10.0. The van der Waals surface area contributed by atoms with E-state index in [1.165, 1.54) is 22.4 Å². The highest BCUT2D eigenvalue weighted by Gasteiger charge is 2.16. The maximum absolute atomic E-state index is 3.35. The third kappa shape index (κ3) is 2.74. The zero-order valence-electron chi connectivity index (χ0n) is 11.0. The Morgan fingerprint density at radius 3 is 2.31 bits per heavy atom. The van der Waals surface area contributed by atoms with Gasteiger partial charge in [-0.25, -0.2) is 0 Å². The third-order valence-electron chi connectivity index (χ3n) is 3.05. The highest BCUT2D eigenvalue weighted by Crippen LogP contribution is 2.23. The van der Waals surface area contributed by atoms with Crippen molar-refractivity contribution in [3.63, 3.8) is 0 Å². The summed E-state index contributed by atoms with van der Waals surface area (Å²) in [6.45, 7) is 7.56. The fraction of sp³-hybridized carbons (Fsp3) is 0.538. The smallest absolute Gasteiger partial charge is 0.167 e. The SMILES string of the molecule is CC[NH2+]C(NC)c1cc(C)c(C)cc1NC. The molecule has 1 rings (SSSR count). The second-order valence-corrected chi connectivity index (χ2v) is 4.18. The van der Waals surface area contributed by atoms with Gasteiger partial charge in [-0.05, 0) is 51.1 Å². The van der Waals surface area contributed by atoms with Crippen LogP contribution >= 0.6 is 0 Å². The molecule has 1 atom stereocenters. The third-order valence-corrected chi connectivity index (χ3v) is 3.05. The van der Waals surface area contributed by atoms with Gasteiger partial charge in [-0.15, -0.1) is 0 Å². The van der Waals surface area contributed by atoms with E-state index in [2.05, 4.69) is 48.9 Å². The first-order valence-corrected chi connectivity index (χ1v) is 5.93. The quantitative estimate of drug-likeness (QED) is 0.654. The number of rotatable bonds is 5. The Balaban J connectivity index is 3.13. The topological polar surface area (TPSA) is 40.7 Å². The first kappa shape index (κ1) is 13.0. The van der Waals surface area contributed by atoms with E-state index in [1.54, 1.807) is 0 Å². The molecule has 0 radical (unpaired) electrons. The van der Waals surface area contributed by atoms with Gasteiger partial charge in [0.2, 0.25) is 0 Å². The van der Waals surface area contributed by atoms with Crippen LogP contribution in [-0.4, -0.2) is 20.6 Å². The molecule has 90 valence electrons. The van der Waals surface area contributed by atoms with Gasteiger partial charge >= 0.3 is 0 Å². The number of hydrogen-bond donors (Lipinski definition) is 3. The van der Waals surface area contributed by atoms with E-state index in [0.29, 0.717) is 6.17 Å². The van der Waals surface area contributed by atoms with E-state index >= 15 is 0 Å². The second kappa shape index (κ2) is 5.87. The fourth-order valence-corrected chi connectivity index (χ4v) is 1.95. The van der Waals surface area contributed by atoms with Gasteiger partial charge in [0.05, 0.1) is 6.54 Å². The highest BCUT2D eigenvalue weighted by molar-refractivity contribution is 5.55. The van der Waals surface area contributed by atoms with Crippen LogP contribution < -0.4 is 16.0 Å². The standard InChI is InChI=1S/C13H23N3/c1-6-16-13(15-5)11-7-9(2)10(3)8-12(11)14-4/h7-8,13-16H,6H2,1-5H3/p+1. The molecule has 0 aliphatic carbocycles. The van der Waals surface area contributed by atoms with Crippen molar-refractivity contribution in [2.45, 2.75) is 26.9 Å².